The quantitative estimate of drug-likeness (QED) is 0.589. The lowest BCUT2D eigenvalue weighted by Gasteiger charge is -2.04. The van der Waals surface area contributed by atoms with Crippen molar-refractivity contribution in [2.75, 3.05) is 5.73 Å². The Morgan fingerprint density at radius 3 is 2.67 bits per heavy atom. The Kier molecular flexibility index (Phi) is 2.84. The van der Waals surface area contributed by atoms with Gasteiger partial charge in [0.15, 0.2) is 5.15 Å². The van der Waals surface area contributed by atoms with E-state index >= 15 is 0 Å². The van der Waals surface area contributed by atoms with E-state index in [1.54, 1.807) is 12.3 Å². The second kappa shape index (κ2) is 4.13. The Labute approximate surface area is 98.5 Å². The van der Waals surface area contributed by atoms with E-state index in [-0.39, 0.29) is 0 Å². The lowest BCUT2D eigenvalue weighted by atomic mass is 10.1. The van der Waals surface area contributed by atoms with Crippen LogP contribution in [-0.2, 0) is 0 Å². The Hall–Kier alpha value is -1.19. The number of rotatable bonds is 1. The standard InChI is InChI=1S/C11H9ClN2S/c12-11-10(13)5-8(6-14-11)7-2-1-3-9(15)4-7/h1-6,15H,13H2. The van der Waals surface area contributed by atoms with Crippen LogP contribution in [0.15, 0.2) is 41.4 Å². The molecule has 4 heteroatoms. The van der Waals surface area contributed by atoms with E-state index in [0.29, 0.717) is 10.8 Å². The summed E-state index contributed by atoms with van der Waals surface area (Å²) in [5.41, 5.74) is 8.13. The fourth-order valence-electron chi connectivity index (χ4n) is 1.31. The van der Waals surface area contributed by atoms with Gasteiger partial charge in [0.1, 0.15) is 0 Å². The fraction of sp³-hybridized carbons (Fsp3) is 0. The Morgan fingerprint density at radius 1 is 1.20 bits per heavy atom. The SMILES string of the molecule is Nc1cc(-c2cccc(S)c2)cnc1Cl. The molecule has 2 N–H and O–H groups in total. The van der Waals surface area contributed by atoms with Gasteiger partial charge >= 0.3 is 0 Å². The van der Waals surface area contributed by atoms with Crippen molar-refractivity contribution in [3.63, 3.8) is 0 Å². The number of hydrogen-bond donors (Lipinski definition) is 2. The molecule has 1 aromatic heterocycles. The largest absolute Gasteiger partial charge is 0.396 e. The summed E-state index contributed by atoms with van der Waals surface area (Å²) in [5, 5.41) is 0.334. The molecule has 0 aliphatic carbocycles. The maximum atomic E-state index is 5.75. The number of nitrogens with two attached hydrogens (primary N) is 1. The third-order valence-electron chi connectivity index (χ3n) is 2.05. The summed E-state index contributed by atoms with van der Waals surface area (Å²) in [4.78, 5) is 4.90. The van der Waals surface area contributed by atoms with E-state index in [9.17, 15) is 0 Å². The first kappa shape index (κ1) is 10.3. The number of aromatic nitrogens is 1. The van der Waals surface area contributed by atoms with Crippen LogP contribution in [-0.4, -0.2) is 4.98 Å². The van der Waals surface area contributed by atoms with Gasteiger partial charge in [0.05, 0.1) is 5.69 Å². The van der Waals surface area contributed by atoms with E-state index in [4.69, 9.17) is 17.3 Å². The Balaban J connectivity index is 2.50. The number of halogens is 1. The minimum Gasteiger partial charge on any atom is -0.396 e. The average molecular weight is 237 g/mol. The smallest absolute Gasteiger partial charge is 0.151 e. The fourth-order valence-corrected chi connectivity index (χ4v) is 1.64. The van der Waals surface area contributed by atoms with E-state index < -0.39 is 0 Å². The van der Waals surface area contributed by atoms with Crippen LogP contribution in [0.3, 0.4) is 0 Å². The van der Waals surface area contributed by atoms with Crippen LogP contribution in [0.4, 0.5) is 5.69 Å². The molecule has 0 saturated heterocycles. The lowest BCUT2D eigenvalue weighted by Crippen LogP contribution is -1.90. The molecule has 0 saturated carbocycles. The number of nitrogen functional groups attached to an aromatic ring is 1. The maximum Gasteiger partial charge on any atom is 0.151 e. The third kappa shape index (κ3) is 2.25. The summed E-state index contributed by atoms with van der Waals surface area (Å²) in [7, 11) is 0. The van der Waals surface area contributed by atoms with Crippen LogP contribution >= 0.6 is 24.2 Å². The van der Waals surface area contributed by atoms with E-state index in [0.717, 1.165) is 16.0 Å². The first-order valence-corrected chi connectivity index (χ1v) is 5.20. The number of benzene rings is 1. The van der Waals surface area contributed by atoms with Crippen molar-refractivity contribution in [1.82, 2.24) is 4.98 Å². The Morgan fingerprint density at radius 2 is 2.00 bits per heavy atom. The first-order valence-electron chi connectivity index (χ1n) is 4.37. The van der Waals surface area contributed by atoms with E-state index in [1.165, 1.54) is 0 Å². The van der Waals surface area contributed by atoms with Gasteiger partial charge in [-0.05, 0) is 23.8 Å². The average Bonchev–Trinajstić information content (AvgIpc) is 2.22. The number of anilines is 1. The highest BCUT2D eigenvalue weighted by Gasteiger charge is 2.02. The molecule has 2 nitrogen and oxygen atoms in total. The number of nitrogens with zero attached hydrogens (tertiary/aromatic N) is 1. The molecule has 0 amide bonds. The molecule has 2 rings (SSSR count). The van der Waals surface area contributed by atoms with Gasteiger partial charge in [0, 0.05) is 16.7 Å². The van der Waals surface area contributed by atoms with Crippen LogP contribution < -0.4 is 5.73 Å². The van der Waals surface area contributed by atoms with Crippen LogP contribution in [0.2, 0.25) is 5.15 Å². The van der Waals surface area contributed by atoms with Crippen molar-refractivity contribution in [1.29, 1.82) is 0 Å². The van der Waals surface area contributed by atoms with Gasteiger partial charge in [-0.1, -0.05) is 23.7 Å². The summed E-state index contributed by atoms with van der Waals surface area (Å²) in [6.45, 7) is 0. The molecule has 0 atom stereocenters. The summed E-state index contributed by atoms with van der Waals surface area (Å²) in [6.07, 6.45) is 1.70. The molecule has 1 aromatic carbocycles. The third-order valence-corrected chi connectivity index (χ3v) is 2.64. The van der Waals surface area contributed by atoms with Crippen molar-refractivity contribution in [2.45, 2.75) is 4.90 Å². The molecule has 0 unspecified atom stereocenters. The molecule has 0 spiro atoms. The van der Waals surface area contributed by atoms with Gasteiger partial charge in [-0.15, -0.1) is 12.6 Å². The van der Waals surface area contributed by atoms with Crippen molar-refractivity contribution < 1.29 is 0 Å². The van der Waals surface area contributed by atoms with Crippen LogP contribution in [0.1, 0.15) is 0 Å². The molecule has 0 aliphatic rings. The maximum absolute atomic E-state index is 5.75. The van der Waals surface area contributed by atoms with Gasteiger partial charge in [-0.3, -0.25) is 0 Å². The minimum atomic E-state index is 0.334. The van der Waals surface area contributed by atoms with E-state index in [2.05, 4.69) is 17.6 Å². The van der Waals surface area contributed by atoms with E-state index in [1.807, 2.05) is 24.3 Å². The Bertz CT molecular complexity index is 500. The molecule has 76 valence electrons. The topological polar surface area (TPSA) is 38.9 Å². The van der Waals surface area contributed by atoms with Crippen LogP contribution in [0, 0.1) is 0 Å². The second-order valence-corrected chi connectivity index (χ2v) is 4.03. The van der Waals surface area contributed by atoms with Gasteiger partial charge in [-0.2, -0.15) is 0 Å². The van der Waals surface area contributed by atoms with Gasteiger partial charge in [0.2, 0.25) is 0 Å². The molecular weight excluding hydrogens is 228 g/mol. The molecular formula is C11H9ClN2S. The van der Waals surface area contributed by atoms with Crippen molar-refractivity contribution in [2.24, 2.45) is 0 Å². The second-order valence-electron chi connectivity index (χ2n) is 3.15. The summed E-state index contributed by atoms with van der Waals surface area (Å²) in [5.74, 6) is 0. The zero-order valence-corrected chi connectivity index (χ0v) is 9.46. The van der Waals surface area contributed by atoms with Gasteiger partial charge in [-0.25, -0.2) is 4.98 Å². The molecule has 0 radical (unpaired) electrons. The van der Waals surface area contributed by atoms with Crippen molar-refractivity contribution >= 4 is 29.9 Å². The van der Waals surface area contributed by atoms with Crippen molar-refractivity contribution in [3.8, 4) is 11.1 Å². The van der Waals surface area contributed by atoms with Crippen LogP contribution in [0.5, 0.6) is 0 Å². The predicted octanol–water partition coefficient (Wildman–Crippen LogP) is 3.27. The molecule has 0 aliphatic heterocycles. The monoisotopic (exact) mass is 236 g/mol. The highest BCUT2D eigenvalue weighted by atomic mass is 35.5. The molecule has 0 bridgehead atoms. The highest BCUT2D eigenvalue weighted by molar-refractivity contribution is 7.80. The molecule has 15 heavy (non-hydrogen) atoms. The summed E-state index contributed by atoms with van der Waals surface area (Å²) < 4.78 is 0. The number of pyridine rings is 1. The first-order chi connectivity index (χ1) is 7.16. The predicted molar refractivity (Wildman–Crippen MR) is 66.3 cm³/mol. The minimum absolute atomic E-state index is 0.334. The molecule has 0 fully saturated rings. The molecule has 2 aromatic rings. The van der Waals surface area contributed by atoms with Crippen LogP contribution in [0.25, 0.3) is 11.1 Å². The van der Waals surface area contributed by atoms with Crippen molar-refractivity contribution in [3.05, 3.63) is 41.7 Å². The zero-order valence-electron chi connectivity index (χ0n) is 7.81. The zero-order chi connectivity index (χ0) is 10.8. The van der Waals surface area contributed by atoms with Gasteiger partial charge in [0.25, 0.3) is 0 Å². The lowest BCUT2D eigenvalue weighted by molar-refractivity contribution is 1.33. The normalized spacial score (nSPS) is 10.3. The number of hydrogen-bond acceptors (Lipinski definition) is 3. The highest BCUT2D eigenvalue weighted by Crippen LogP contribution is 2.25. The number of thiol groups is 1. The summed E-state index contributed by atoms with van der Waals surface area (Å²) >= 11 is 10.0. The molecule has 1 heterocycles. The van der Waals surface area contributed by atoms with Gasteiger partial charge < -0.3 is 5.73 Å². The summed E-state index contributed by atoms with van der Waals surface area (Å²) in [6, 6.07) is 9.58.